The molecular formula is C8H11NO. The molecule has 1 atom stereocenters. The van der Waals surface area contributed by atoms with Gasteiger partial charge >= 0.3 is 0 Å². The molecule has 10 heavy (non-hydrogen) atoms. The molecule has 2 nitrogen and oxygen atoms in total. The van der Waals surface area contributed by atoms with E-state index in [1.807, 2.05) is 12.2 Å². The molecule has 0 fully saturated rings. The van der Waals surface area contributed by atoms with Crippen LogP contribution in [0, 0.1) is 5.92 Å². The molecule has 0 aliphatic carbocycles. The van der Waals surface area contributed by atoms with Crippen molar-refractivity contribution in [3.8, 4) is 0 Å². The van der Waals surface area contributed by atoms with Crippen LogP contribution in [0.25, 0.3) is 0 Å². The monoisotopic (exact) mass is 137 g/mol. The van der Waals surface area contributed by atoms with Crippen molar-refractivity contribution in [2.75, 3.05) is 0 Å². The van der Waals surface area contributed by atoms with Crippen molar-refractivity contribution >= 4 is 12.1 Å². The minimum absolute atomic E-state index is 0.00403. The number of hydrogen-bond donors (Lipinski definition) is 0. The van der Waals surface area contributed by atoms with E-state index in [0.29, 0.717) is 0 Å². The Bertz CT molecular complexity index is 182. The van der Waals surface area contributed by atoms with E-state index in [4.69, 9.17) is 0 Å². The number of allylic oxidation sites excluding steroid dienone is 1. The van der Waals surface area contributed by atoms with Crippen LogP contribution in [0.4, 0.5) is 0 Å². The fraction of sp³-hybridized carbons (Fsp3) is 0.500. The molecule has 2 heteroatoms. The Morgan fingerprint density at radius 3 is 3.10 bits per heavy atom. The molecule has 1 amide bonds. The summed E-state index contributed by atoms with van der Waals surface area (Å²) in [5.41, 5.74) is 0. The van der Waals surface area contributed by atoms with Crippen LogP contribution in [0.3, 0.4) is 0 Å². The zero-order valence-electron chi connectivity index (χ0n) is 6.08. The summed E-state index contributed by atoms with van der Waals surface area (Å²) in [6.07, 6.45) is 7.26. The van der Waals surface area contributed by atoms with Gasteiger partial charge in [0.25, 0.3) is 5.91 Å². The van der Waals surface area contributed by atoms with E-state index in [2.05, 4.69) is 11.9 Å². The second kappa shape index (κ2) is 3.30. The van der Waals surface area contributed by atoms with Crippen LogP contribution in [0.15, 0.2) is 17.1 Å². The van der Waals surface area contributed by atoms with Gasteiger partial charge in [0.15, 0.2) is 0 Å². The molecule has 0 bridgehead atoms. The van der Waals surface area contributed by atoms with Crippen LogP contribution in [-0.2, 0) is 4.79 Å². The number of aliphatic imine (C=N–C) groups is 1. The Kier molecular flexibility index (Phi) is 2.37. The maximum atomic E-state index is 10.9. The van der Waals surface area contributed by atoms with E-state index >= 15 is 0 Å². The molecule has 54 valence electrons. The van der Waals surface area contributed by atoms with Gasteiger partial charge in [0.2, 0.25) is 0 Å². The fourth-order valence-electron chi connectivity index (χ4n) is 1.01. The molecular weight excluding hydrogens is 126 g/mol. The maximum Gasteiger partial charge on any atom is 0.252 e. The predicted molar refractivity (Wildman–Crippen MR) is 41.0 cm³/mol. The van der Waals surface area contributed by atoms with E-state index in [-0.39, 0.29) is 11.8 Å². The molecule has 0 saturated heterocycles. The molecule has 1 unspecified atom stereocenters. The lowest BCUT2D eigenvalue weighted by Gasteiger charge is -2.07. The number of rotatable bonds is 2. The van der Waals surface area contributed by atoms with Crippen LogP contribution in [0.5, 0.6) is 0 Å². The van der Waals surface area contributed by atoms with Gasteiger partial charge in [0, 0.05) is 6.21 Å². The Morgan fingerprint density at radius 1 is 1.70 bits per heavy atom. The van der Waals surface area contributed by atoms with E-state index in [1.54, 1.807) is 6.21 Å². The van der Waals surface area contributed by atoms with Crippen LogP contribution in [0.2, 0.25) is 0 Å². The van der Waals surface area contributed by atoms with Crippen molar-refractivity contribution in [2.24, 2.45) is 10.9 Å². The molecule has 0 saturated carbocycles. The van der Waals surface area contributed by atoms with Crippen LogP contribution < -0.4 is 0 Å². The van der Waals surface area contributed by atoms with Crippen molar-refractivity contribution in [2.45, 2.75) is 19.8 Å². The minimum atomic E-state index is 0.00403. The SMILES string of the molecule is CCCC1C=CC=NC1=O. The summed E-state index contributed by atoms with van der Waals surface area (Å²) in [4.78, 5) is 14.6. The zero-order chi connectivity index (χ0) is 7.40. The third kappa shape index (κ3) is 1.53. The summed E-state index contributed by atoms with van der Waals surface area (Å²) in [5.74, 6) is 0.0550. The summed E-state index contributed by atoms with van der Waals surface area (Å²) in [5, 5.41) is 0. The van der Waals surface area contributed by atoms with Crippen LogP contribution in [0.1, 0.15) is 19.8 Å². The third-order valence-corrected chi connectivity index (χ3v) is 1.55. The first kappa shape index (κ1) is 7.19. The van der Waals surface area contributed by atoms with Gasteiger partial charge in [-0.2, -0.15) is 0 Å². The normalized spacial score (nSPS) is 23.7. The Labute approximate surface area is 60.7 Å². The van der Waals surface area contributed by atoms with E-state index in [0.717, 1.165) is 12.8 Å². The summed E-state index contributed by atoms with van der Waals surface area (Å²) < 4.78 is 0. The van der Waals surface area contributed by atoms with Crippen molar-refractivity contribution in [1.29, 1.82) is 0 Å². The summed E-state index contributed by atoms with van der Waals surface area (Å²) >= 11 is 0. The number of amides is 1. The number of carbonyl (C=O) groups excluding carboxylic acids is 1. The van der Waals surface area contributed by atoms with Gasteiger partial charge in [0.05, 0.1) is 5.92 Å². The molecule has 0 aromatic heterocycles. The first-order chi connectivity index (χ1) is 4.84. The highest BCUT2D eigenvalue weighted by molar-refractivity contribution is 5.94. The van der Waals surface area contributed by atoms with Gasteiger partial charge in [0.1, 0.15) is 0 Å². The van der Waals surface area contributed by atoms with Crippen LogP contribution >= 0.6 is 0 Å². The standard InChI is InChI=1S/C8H11NO/c1-2-4-7-5-3-6-9-8(7)10/h3,5-7H,2,4H2,1H3. The highest BCUT2D eigenvalue weighted by Crippen LogP contribution is 2.11. The smallest absolute Gasteiger partial charge is 0.252 e. The second-order valence-corrected chi connectivity index (χ2v) is 2.40. The topological polar surface area (TPSA) is 29.4 Å². The largest absolute Gasteiger partial charge is 0.272 e. The molecule has 0 aromatic rings. The maximum absolute atomic E-state index is 10.9. The lowest BCUT2D eigenvalue weighted by Crippen LogP contribution is -2.11. The Hall–Kier alpha value is -0.920. The van der Waals surface area contributed by atoms with Gasteiger partial charge in [-0.25, -0.2) is 4.99 Å². The molecule has 0 aromatic carbocycles. The van der Waals surface area contributed by atoms with Crippen molar-refractivity contribution in [3.63, 3.8) is 0 Å². The van der Waals surface area contributed by atoms with Crippen molar-refractivity contribution < 1.29 is 4.79 Å². The molecule has 0 radical (unpaired) electrons. The molecule has 0 spiro atoms. The third-order valence-electron chi connectivity index (χ3n) is 1.55. The van der Waals surface area contributed by atoms with E-state index < -0.39 is 0 Å². The second-order valence-electron chi connectivity index (χ2n) is 2.40. The first-order valence-electron chi connectivity index (χ1n) is 3.59. The highest BCUT2D eigenvalue weighted by Gasteiger charge is 2.13. The average molecular weight is 137 g/mol. The number of dihydropyridines is 1. The summed E-state index contributed by atoms with van der Waals surface area (Å²) in [6.45, 7) is 2.07. The summed E-state index contributed by atoms with van der Waals surface area (Å²) in [7, 11) is 0. The minimum Gasteiger partial charge on any atom is -0.272 e. The zero-order valence-corrected chi connectivity index (χ0v) is 6.08. The molecule has 1 aliphatic rings. The Balaban J connectivity index is 2.53. The molecule has 1 rings (SSSR count). The number of hydrogen-bond acceptors (Lipinski definition) is 1. The van der Waals surface area contributed by atoms with E-state index in [9.17, 15) is 4.79 Å². The average Bonchev–Trinajstić information content (AvgIpc) is 1.94. The lowest BCUT2D eigenvalue weighted by molar-refractivity contribution is -0.120. The molecule has 0 N–H and O–H groups in total. The van der Waals surface area contributed by atoms with Gasteiger partial charge in [-0.3, -0.25) is 4.79 Å². The van der Waals surface area contributed by atoms with Gasteiger partial charge in [-0.1, -0.05) is 19.4 Å². The lowest BCUT2D eigenvalue weighted by atomic mass is 10.0. The number of carbonyl (C=O) groups is 1. The predicted octanol–water partition coefficient (Wildman–Crippen LogP) is 1.57. The van der Waals surface area contributed by atoms with Gasteiger partial charge in [-0.05, 0) is 12.5 Å². The quantitative estimate of drug-likeness (QED) is 0.568. The number of nitrogens with zero attached hydrogens (tertiary/aromatic N) is 1. The van der Waals surface area contributed by atoms with Crippen molar-refractivity contribution in [3.05, 3.63) is 12.2 Å². The van der Waals surface area contributed by atoms with Gasteiger partial charge < -0.3 is 0 Å². The van der Waals surface area contributed by atoms with E-state index in [1.165, 1.54) is 0 Å². The first-order valence-corrected chi connectivity index (χ1v) is 3.59. The highest BCUT2D eigenvalue weighted by atomic mass is 16.1. The van der Waals surface area contributed by atoms with Crippen molar-refractivity contribution in [1.82, 2.24) is 0 Å². The summed E-state index contributed by atoms with van der Waals surface area (Å²) in [6, 6.07) is 0. The van der Waals surface area contributed by atoms with Gasteiger partial charge in [-0.15, -0.1) is 0 Å². The molecule has 1 heterocycles. The Morgan fingerprint density at radius 2 is 2.50 bits per heavy atom. The molecule has 1 aliphatic heterocycles. The van der Waals surface area contributed by atoms with Crippen LogP contribution in [-0.4, -0.2) is 12.1 Å². The fourth-order valence-corrected chi connectivity index (χ4v) is 1.01.